The number of fused-ring (bicyclic) bond motifs is 3. The molecule has 0 radical (unpaired) electrons. The smallest absolute Gasteiger partial charge is 0.410 e. The first-order chi connectivity index (χ1) is 11.3. The topological polar surface area (TPSA) is 42.0 Å². The lowest BCUT2D eigenvalue weighted by Gasteiger charge is -2.30. The molecule has 2 saturated heterocycles. The fraction of sp³-hybridized carbons (Fsp3) is 0.611. The lowest BCUT2D eigenvalue weighted by molar-refractivity contribution is 0.0242. The van der Waals surface area contributed by atoms with Gasteiger partial charge in [0.1, 0.15) is 5.60 Å². The molecule has 3 aliphatic heterocycles. The van der Waals surface area contributed by atoms with Gasteiger partial charge in [-0.05, 0) is 50.5 Å². The highest BCUT2D eigenvalue weighted by atomic mass is 35.5. The zero-order chi connectivity index (χ0) is 17.1. The highest BCUT2D eigenvalue weighted by molar-refractivity contribution is 6.33. The lowest BCUT2D eigenvalue weighted by Crippen LogP contribution is -2.37. The third kappa shape index (κ3) is 2.84. The largest absolute Gasteiger partial charge is 0.444 e. The van der Waals surface area contributed by atoms with Crippen LogP contribution in [-0.2, 0) is 22.6 Å². The Labute approximate surface area is 147 Å². The SMILES string of the molecule is CC(C)(C)OC(=O)N1Cc2cc(Cl)c(N3CC4CC3CO4)cc2C1. The molecule has 6 heteroatoms. The summed E-state index contributed by atoms with van der Waals surface area (Å²) in [6.45, 7) is 8.46. The normalized spacial score (nSPS) is 25.3. The summed E-state index contributed by atoms with van der Waals surface area (Å²) in [6.07, 6.45) is 1.14. The van der Waals surface area contributed by atoms with E-state index in [4.69, 9.17) is 21.1 Å². The molecule has 0 aromatic heterocycles. The maximum Gasteiger partial charge on any atom is 0.410 e. The van der Waals surface area contributed by atoms with E-state index in [1.807, 2.05) is 26.8 Å². The Bertz CT molecular complexity index is 686. The molecule has 1 aromatic rings. The van der Waals surface area contributed by atoms with E-state index < -0.39 is 5.60 Å². The minimum atomic E-state index is -0.483. The van der Waals surface area contributed by atoms with Crippen molar-refractivity contribution in [1.29, 1.82) is 0 Å². The molecule has 3 heterocycles. The van der Waals surface area contributed by atoms with Gasteiger partial charge in [-0.2, -0.15) is 0 Å². The van der Waals surface area contributed by atoms with Crippen LogP contribution in [-0.4, -0.2) is 41.9 Å². The van der Waals surface area contributed by atoms with E-state index in [1.54, 1.807) is 4.90 Å². The molecule has 3 aliphatic rings. The lowest BCUT2D eigenvalue weighted by atomic mass is 10.1. The third-order valence-corrected chi connectivity index (χ3v) is 5.16. The van der Waals surface area contributed by atoms with Gasteiger partial charge in [0.15, 0.2) is 0 Å². The summed E-state index contributed by atoms with van der Waals surface area (Å²) in [5.74, 6) is 0. The first-order valence-electron chi connectivity index (χ1n) is 8.47. The van der Waals surface area contributed by atoms with Gasteiger partial charge in [0, 0.05) is 19.6 Å². The summed E-state index contributed by atoms with van der Waals surface area (Å²) >= 11 is 6.54. The average molecular weight is 351 g/mol. The van der Waals surface area contributed by atoms with Crippen LogP contribution >= 0.6 is 11.6 Å². The number of hydrogen-bond acceptors (Lipinski definition) is 4. The molecule has 0 N–H and O–H groups in total. The number of anilines is 1. The van der Waals surface area contributed by atoms with E-state index in [-0.39, 0.29) is 6.09 Å². The molecule has 2 unspecified atom stereocenters. The molecular weight excluding hydrogens is 328 g/mol. The quantitative estimate of drug-likeness (QED) is 0.776. The molecule has 4 rings (SSSR count). The molecule has 2 fully saturated rings. The van der Waals surface area contributed by atoms with Gasteiger partial charge >= 0.3 is 6.09 Å². The van der Waals surface area contributed by atoms with Crippen molar-refractivity contribution >= 4 is 23.4 Å². The summed E-state index contributed by atoms with van der Waals surface area (Å²) in [4.78, 5) is 16.4. The van der Waals surface area contributed by atoms with Crippen molar-refractivity contribution in [2.75, 3.05) is 18.1 Å². The first kappa shape index (κ1) is 16.0. The molecule has 130 valence electrons. The fourth-order valence-corrected chi connectivity index (χ4v) is 4.07. The zero-order valence-electron chi connectivity index (χ0n) is 14.3. The van der Waals surface area contributed by atoms with Gasteiger partial charge in [-0.1, -0.05) is 11.6 Å². The van der Waals surface area contributed by atoms with Gasteiger partial charge in [-0.15, -0.1) is 0 Å². The Morgan fingerprint density at radius 1 is 1.29 bits per heavy atom. The Morgan fingerprint density at radius 3 is 2.58 bits per heavy atom. The van der Waals surface area contributed by atoms with Crippen LogP contribution in [0.2, 0.25) is 5.02 Å². The molecule has 24 heavy (non-hydrogen) atoms. The third-order valence-electron chi connectivity index (χ3n) is 4.85. The minimum Gasteiger partial charge on any atom is -0.444 e. The predicted octanol–water partition coefficient (Wildman–Crippen LogP) is 3.57. The molecule has 0 spiro atoms. The molecule has 0 saturated carbocycles. The number of carbonyl (C=O) groups is 1. The Balaban J connectivity index is 1.54. The van der Waals surface area contributed by atoms with Crippen LogP contribution in [0.15, 0.2) is 12.1 Å². The van der Waals surface area contributed by atoms with Crippen LogP contribution in [0, 0.1) is 0 Å². The maximum absolute atomic E-state index is 12.3. The van der Waals surface area contributed by atoms with Crippen LogP contribution < -0.4 is 4.90 Å². The average Bonchev–Trinajstić information content (AvgIpc) is 3.18. The standard InChI is InChI=1S/C18H23ClN2O3/c1-18(2,3)24-17(22)20-7-11-4-15(19)16(5-12(11)8-20)21-9-14-6-13(21)10-23-14/h4-5,13-14H,6-10H2,1-3H3. The minimum absolute atomic E-state index is 0.273. The Hall–Kier alpha value is -1.46. The molecule has 2 bridgehead atoms. The second-order valence-corrected chi connectivity index (χ2v) is 8.31. The second kappa shape index (κ2) is 5.53. The molecule has 1 amide bonds. The summed E-state index contributed by atoms with van der Waals surface area (Å²) < 4.78 is 11.2. The number of amides is 1. The molecule has 2 atom stereocenters. The van der Waals surface area contributed by atoms with E-state index in [1.165, 1.54) is 0 Å². The molecule has 1 aromatic carbocycles. The van der Waals surface area contributed by atoms with Gasteiger partial charge in [0.25, 0.3) is 0 Å². The van der Waals surface area contributed by atoms with E-state index in [9.17, 15) is 4.79 Å². The van der Waals surface area contributed by atoms with Crippen molar-refractivity contribution in [1.82, 2.24) is 4.90 Å². The van der Waals surface area contributed by atoms with Crippen LogP contribution in [0.5, 0.6) is 0 Å². The molecule has 5 nitrogen and oxygen atoms in total. The van der Waals surface area contributed by atoms with E-state index in [0.29, 0.717) is 25.2 Å². The predicted molar refractivity (Wildman–Crippen MR) is 92.4 cm³/mol. The van der Waals surface area contributed by atoms with Gasteiger partial charge in [-0.3, -0.25) is 4.90 Å². The first-order valence-corrected chi connectivity index (χ1v) is 8.85. The van der Waals surface area contributed by atoms with E-state index in [0.717, 1.165) is 41.4 Å². The Kier molecular flexibility index (Phi) is 3.69. The fourth-order valence-electron chi connectivity index (χ4n) is 3.78. The number of nitrogens with zero attached hydrogens (tertiary/aromatic N) is 2. The molecular formula is C18H23ClN2O3. The summed E-state index contributed by atoms with van der Waals surface area (Å²) in [5, 5.41) is 0.757. The summed E-state index contributed by atoms with van der Waals surface area (Å²) in [5.41, 5.74) is 2.85. The number of ether oxygens (including phenoxy) is 2. The van der Waals surface area contributed by atoms with Gasteiger partial charge < -0.3 is 14.4 Å². The van der Waals surface area contributed by atoms with Crippen molar-refractivity contribution in [2.45, 2.75) is 58.0 Å². The number of rotatable bonds is 1. The van der Waals surface area contributed by atoms with Crippen LogP contribution in [0.4, 0.5) is 10.5 Å². The van der Waals surface area contributed by atoms with Crippen LogP contribution in [0.1, 0.15) is 38.3 Å². The highest BCUT2D eigenvalue weighted by Gasteiger charge is 2.40. The summed E-state index contributed by atoms with van der Waals surface area (Å²) in [6, 6.07) is 4.57. The number of morpholine rings is 1. The second-order valence-electron chi connectivity index (χ2n) is 7.91. The number of carbonyl (C=O) groups excluding carboxylic acids is 1. The van der Waals surface area contributed by atoms with Crippen LogP contribution in [0.3, 0.4) is 0 Å². The van der Waals surface area contributed by atoms with E-state index >= 15 is 0 Å². The van der Waals surface area contributed by atoms with Crippen molar-refractivity contribution in [3.63, 3.8) is 0 Å². The van der Waals surface area contributed by atoms with Crippen molar-refractivity contribution in [2.24, 2.45) is 0 Å². The van der Waals surface area contributed by atoms with Crippen molar-refractivity contribution in [3.8, 4) is 0 Å². The monoisotopic (exact) mass is 350 g/mol. The number of benzene rings is 1. The maximum atomic E-state index is 12.3. The van der Waals surface area contributed by atoms with Gasteiger partial charge in [0.05, 0.1) is 29.5 Å². The van der Waals surface area contributed by atoms with Crippen LogP contribution in [0.25, 0.3) is 0 Å². The van der Waals surface area contributed by atoms with Gasteiger partial charge in [-0.25, -0.2) is 4.79 Å². The highest BCUT2D eigenvalue weighted by Crippen LogP contribution is 2.39. The van der Waals surface area contributed by atoms with Crippen molar-refractivity contribution < 1.29 is 14.3 Å². The molecule has 0 aliphatic carbocycles. The Morgan fingerprint density at radius 2 is 2.00 bits per heavy atom. The summed E-state index contributed by atoms with van der Waals surface area (Å²) in [7, 11) is 0. The zero-order valence-corrected chi connectivity index (χ0v) is 15.1. The van der Waals surface area contributed by atoms with E-state index in [2.05, 4.69) is 11.0 Å². The number of hydrogen-bond donors (Lipinski definition) is 0. The van der Waals surface area contributed by atoms with Gasteiger partial charge in [0.2, 0.25) is 0 Å². The van der Waals surface area contributed by atoms with Crippen molar-refractivity contribution in [3.05, 3.63) is 28.3 Å². The number of halogens is 1.